The summed E-state index contributed by atoms with van der Waals surface area (Å²) in [7, 11) is 0. The molecular weight excluding hydrogens is 220 g/mol. The highest BCUT2D eigenvalue weighted by atomic mass is 14.9. The van der Waals surface area contributed by atoms with Gasteiger partial charge >= 0.3 is 0 Å². The fraction of sp³-hybridized carbons (Fsp3) is 0.625. The molecule has 0 saturated carbocycles. The van der Waals surface area contributed by atoms with E-state index in [9.17, 15) is 0 Å². The molecule has 18 heavy (non-hydrogen) atoms. The van der Waals surface area contributed by atoms with Crippen molar-refractivity contribution < 1.29 is 0 Å². The molecule has 0 atom stereocenters. The first-order valence-corrected chi connectivity index (χ1v) is 7.22. The van der Waals surface area contributed by atoms with Crippen LogP contribution in [0.1, 0.15) is 38.3 Å². The van der Waals surface area contributed by atoms with E-state index >= 15 is 0 Å². The molecule has 0 aliphatic rings. The van der Waals surface area contributed by atoms with Crippen LogP contribution in [0, 0.1) is 5.92 Å². The largest absolute Gasteiger partial charge is 0.316 e. The van der Waals surface area contributed by atoms with Gasteiger partial charge in [0.2, 0.25) is 0 Å². The molecular formula is C16H28N2. The molecule has 2 N–H and O–H groups in total. The first-order valence-electron chi connectivity index (χ1n) is 7.22. The summed E-state index contributed by atoms with van der Waals surface area (Å²) in [5.74, 6) is 0.745. The molecule has 0 aromatic heterocycles. The lowest BCUT2D eigenvalue weighted by atomic mass is 10.1. The van der Waals surface area contributed by atoms with Gasteiger partial charge in [-0.05, 0) is 49.5 Å². The average Bonchev–Trinajstić information content (AvgIpc) is 2.37. The highest BCUT2D eigenvalue weighted by Crippen LogP contribution is 2.08. The van der Waals surface area contributed by atoms with Crippen LogP contribution in [0.2, 0.25) is 0 Å². The molecule has 1 aromatic carbocycles. The summed E-state index contributed by atoms with van der Waals surface area (Å²) in [6.07, 6.45) is 2.31. The molecule has 0 saturated heterocycles. The lowest BCUT2D eigenvalue weighted by Gasteiger charge is -2.10. The van der Waals surface area contributed by atoms with E-state index in [1.165, 1.54) is 17.5 Å². The van der Waals surface area contributed by atoms with Crippen LogP contribution in [-0.4, -0.2) is 19.6 Å². The van der Waals surface area contributed by atoms with Crippen LogP contribution >= 0.6 is 0 Å². The number of hydrogen-bond donors (Lipinski definition) is 2. The van der Waals surface area contributed by atoms with Gasteiger partial charge in [0.25, 0.3) is 0 Å². The van der Waals surface area contributed by atoms with Crippen molar-refractivity contribution in [2.75, 3.05) is 19.6 Å². The normalized spacial score (nSPS) is 11.1. The Labute approximate surface area is 112 Å². The van der Waals surface area contributed by atoms with E-state index in [2.05, 4.69) is 55.7 Å². The number of hydrogen-bond acceptors (Lipinski definition) is 2. The van der Waals surface area contributed by atoms with Gasteiger partial charge in [0.1, 0.15) is 0 Å². The van der Waals surface area contributed by atoms with Gasteiger partial charge in [-0.1, -0.05) is 45.0 Å². The van der Waals surface area contributed by atoms with Crippen LogP contribution in [-0.2, 0) is 13.0 Å². The third kappa shape index (κ3) is 6.18. The number of rotatable bonds is 9. The molecule has 2 heteroatoms. The van der Waals surface area contributed by atoms with Crippen LogP contribution in [0.3, 0.4) is 0 Å². The van der Waals surface area contributed by atoms with Crippen molar-refractivity contribution in [3.05, 3.63) is 35.4 Å². The standard InChI is InChI=1S/C16H28N2/c1-4-15-8-5-6-9-16(15)13-18-11-7-10-17-12-14(2)3/h5-6,8-9,14,17-18H,4,7,10-13H2,1-3H3. The van der Waals surface area contributed by atoms with Gasteiger partial charge in [-0.25, -0.2) is 0 Å². The molecule has 2 nitrogen and oxygen atoms in total. The minimum atomic E-state index is 0.745. The maximum atomic E-state index is 3.52. The molecule has 0 radical (unpaired) electrons. The van der Waals surface area contributed by atoms with Crippen LogP contribution in [0.5, 0.6) is 0 Å². The van der Waals surface area contributed by atoms with Crippen LogP contribution in [0.15, 0.2) is 24.3 Å². The maximum absolute atomic E-state index is 3.52. The summed E-state index contributed by atoms with van der Waals surface area (Å²) < 4.78 is 0. The number of nitrogens with one attached hydrogen (secondary N) is 2. The van der Waals surface area contributed by atoms with E-state index < -0.39 is 0 Å². The monoisotopic (exact) mass is 248 g/mol. The lowest BCUT2D eigenvalue weighted by Crippen LogP contribution is -2.24. The summed E-state index contributed by atoms with van der Waals surface area (Å²) in [6, 6.07) is 8.70. The van der Waals surface area contributed by atoms with Gasteiger partial charge < -0.3 is 10.6 Å². The van der Waals surface area contributed by atoms with Crippen LogP contribution in [0.25, 0.3) is 0 Å². The molecule has 1 rings (SSSR count). The minimum Gasteiger partial charge on any atom is -0.316 e. The quantitative estimate of drug-likeness (QED) is 0.657. The zero-order valence-corrected chi connectivity index (χ0v) is 12.1. The molecule has 0 fully saturated rings. The SMILES string of the molecule is CCc1ccccc1CNCCCNCC(C)C. The van der Waals surface area contributed by atoms with Crippen molar-refractivity contribution in [1.29, 1.82) is 0 Å². The zero-order chi connectivity index (χ0) is 13.2. The van der Waals surface area contributed by atoms with Crippen molar-refractivity contribution in [3.8, 4) is 0 Å². The first-order chi connectivity index (χ1) is 8.74. The third-order valence-corrected chi connectivity index (χ3v) is 3.07. The highest BCUT2D eigenvalue weighted by Gasteiger charge is 1.98. The fourth-order valence-electron chi connectivity index (χ4n) is 2.03. The molecule has 0 aliphatic carbocycles. The Kier molecular flexibility index (Phi) is 7.70. The second-order valence-electron chi connectivity index (χ2n) is 5.25. The van der Waals surface area contributed by atoms with E-state index in [4.69, 9.17) is 0 Å². The molecule has 0 spiro atoms. The van der Waals surface area contributed by atoms with Crippen molar-refractivity contribution in [3.63, 3.8) is 0 Å². The third-order valence-electron chi connectivity index (χ3n) is 3.07. The van der Waals surface area contributed by atoms with Gasteiger partial charge in [-0.3, -0.25) is 0 Å². The predicted octanol–water partition coefficient (Wildman–Crippen LogP) is 2.97. The van der Waals surface area contributed by atoms with E-state index in [-0.39, 0.29) is 0 Å². The Morgan fingerprint density at radius 1 is 1.00 bits per heavy atom. The van der Waals surface area contributed by atoms with Gasteiger partial charge in [0, 0.05) is 6.54 Å². The lowest BCUT2D eigenvalue weighted by molar-refractivity contribution is 0.530. The molecule has 0 heterocycles. The predicted molar refractivity (Wildman–Crippen MR) is 79.9 cm³/mol. The number of aryl methyl sites for hydroxylation is 1. The summed E-state index contributed by atoms with van der Waals surface area (Å²) in [6.45, 7) is 11.0. The minimum absolute atomic E-state index is 0.745. The maximum Gasteiger partial charge on any atom is 0.0208 e. The van der Waals surface area contributed by atoms with Gasteiger partial charge in [-0.15, -0.1) is 0 Å². The molecule has 0 amide bonds. The average molecular weight is 248 g/mol. The van der Waals surface area contributed by atoms with E-state index in [1.807, 2.05) is 0 Å². The molecule has 102 valence electrons. The van der Waals surface area contributed by atoms with Crippen molar-refractivity contribution in [2.24, 2.45) is 5.92 Å². The van der Waals surface area contributed by atoms with E-state index in [0.29, 0.717) is 0 Å². The van der Waals surface area contributed by atoms with Gasteiger partial charge in [0.15, 0.2) is 0 Å². The van der Waals surface area contributed by atoms with Crippen molar-refractivity contribution in [1.82, 2.24) is 10.6 Å². The van der Waals surface area contributed by atoms with Crippen LogP contribution < -0.4 is 10.6 Å². The molecule has 1 aromatic rings. The number of benzene rings is 1. The van der Waals surface area contributed by atoms with E-state index in [0.717, 1.165) is 38.5 Å². The smallest absolute Gasteiger partial charge is 0.0208 e. The zero-order valence-electron chi connectivity index (χ0n) is 12.1. The van der Waals surface area contributed by atoms with Gasteiger partial charge in [-0.2, -0.15) is 0 Å². The molecule has 0 aliphatic heterocycles. The van der Waals surface area contributed by atoms with Crippen LogP contribution in [0.4, 0.5) is 0 Å². The Morgan fingerprint density at radius 3 is 2.33 bits per heavy atom. The highest BCUT2D eigenvalue weighted by molar-refractivity contribution is 5.26. The second kappa shape index (κ2) is 9.12. The summed E-state index contributed by atoms with van der Waals surface area (Å²) in [4.78, 5) is 0. The van der Waals surface area contributed by atoms with E-state index in [1.54, 1.807) is 0 Å². The summed E-state index contributed by atoms with van der Waals surface area (Å²) in [5, 5.41) is 6.99. The second-order valence-corrected chi connectivity index (χ2v) is 5.25. The van der Waals surface area contributed by atoms with Crippen molar-refractivity contribution in [2.45, 2.75) is 40.2 Å². The Hall–Kier alpha value is -0.860. The van der Waals surface area contributed by atoms with Crippen molar-refractivity contribution >= 4 is 0 Å². The summed E-state index contributed by atoms with van der Waals surface area (Å²) in [5.41, 5.74) is 2.90. The Morgan fingerprint density at radius 2 is 1.67 bits per heavy atom. The topological polar surface area (TPSA) is 24.1 Å². The molecule has 0 bridgehead atoms. The first kappa shape index (κ1) is 15.2. The molecule has 0 unspecified atom stereocenters. The Balaban J connectivity index is 2.10. The van der Waals surface area contributed by atoms with Gasteiger partial charge in [0.05, 0.1) is 0 Å². The Bertz CT molecular complexity index is 321. The fourth-order valence-corrected chi connectivity index (χ4v) is 2.03. The summed E-state index contributed by atoms with van der Waals surface area (Å²) >= 11 is 0.